The summed E-state index contributed by atoms with van der Waals surface area (Å²) in [6, 6.07) is 7.69. The van der Waals surface area contributed by atoms with Gasteiger partial charge >= 0.3 is 0 Å². The lowest BCUT2D eigenvalue weighted by atomic mass is 10.1. The fourth-order valence-corrected chi connectivity index (χ4v) is 2.11. The van der Waals surface area contributed by atoms with Crippen molar-refractivity contribution in [3.05, 3.63) is 46.8 Å². The Morgan fingerprint density at radius 1 is 1.29 bits per heavy atom. The van der Waals surface area contributed by atoms with E-state index in [1.807, 2.05) is 45.2 Å². The van der Waals surface area contributed by atoms with Gasteiger partial charge in [-0.3, -0.25) is 14.9 Å². The Kier molecular flexibility index (Phi) is 4.59. The zero-order valence-electron chi connectivity index (χ0n) is 12.5. The van der Waals surface area contributed by atoms with Crippen LogP contribution in [0.3, 0.4) is 0 Å². The van der Waals surface area contributed by atoms with E-state index in [9.17, 15) is 4.79 Å². The molecule has 112 valence electrons. The molecule has 0 fully saturated rings. The van der Waals surface area contributed by atoms with Crippen molar-refractivity contribution >= 4 is 5.91 Å². The summed E-state index contributed by atoms with van der Waals surface area (Å²) in [7, 11) is 1.90. The van der Waals surface area contributed by atoms with E-state index in [2.05, 4.69) is 10.5 Å². The number of hydrogen-bond acceptors (Lipinski definition) is 4. The second kappa shape index (κ2) is 6.41. The number of nitrogens with one attached hydrogen (secondary N) is 1. The standard InChI is InChI=1S/C15H20N4O2/c1-10-15(11(2)19(3)18-10)21-9-13-6-4-12(5-7-13)8-14(20)17-16/h4-7H,8-9,16H2,1-3H3,(H,17,20). The number of benzene rings is 1. The first-order chi connectivity index (χ1) is 10.0. The molecule has 0 unspecified atom stereocenters. The third-order valence-corrected chi connectivity index (χ3v) is 3.37. The highest BCUT2D eigenvalue weighted by Gasteiger charge is 2.10. The Balaban J connectivity index is 1.99. The van der Waals surface area contributed by atoms with Crippen molar-refractivity contribution in [2.75, 3.05) is 0 Å². The topological polar surface area (TPSA) is 82.2 Å². The van der Waals surface area contributed by atoms with Crippen LogP contribution in [-0.4, -0.2) is 15.7 Å². The molecule has 0 atom stereocenters. The summed E-state index contributed by atoms with van der Waals surface area (Å²) in [5.74, 6) is 5.68. The lowest BCUT2D eigenvalue weighted by Crippen LogP contribution is -2.31. The first-order valence-electron chi connectivity index (χ1n) is 6.71. The predicted molar refractivity (Wildman–Crippen MR) is 79.5 cm³/mol. The fraction of sp³-hybridized carbons (Fsp3) is 0.333. The van der Waals surface area contributed by atoms with Gasteiger partial charge in [-0.05, 0) is 25.0 Å². The van der Waals surface area contributed by atoms with Gasteiger partial charge in [-0.15, -0.1) is 0 Å². The lowest BCUT2D eigenvalue weighted by molar-refractivity contribution is -0.120. The second-order valence-corrected chi connectivity index (χ2v) is 4.97. The van der Waals surface area contributed by atoms with E-state index in [0.717, 1.165) is 28.3 Å². The Labute approximate surface area is 123 Å². The third kappa shape index (κ3) is 3.61. The molecule has 1 heterocycles. The molecule has 0 aliphatic carbocycles. The number of rotatable bonds is 5. The fourth-order valence-electron chi connectivity index (χ4n) is 2.11. The summed E-state index contributed by atoms with van der Waals surface area (Å²) in [4.78, 5) is 11.2. The van der Waals surface area contributed by atoms with Gasteiger partial charge in [0.05, 0.1) is 12.1 Å². The van der Waals surface area contributed by atoms with Crippen molar-refractivity contribution in [1.29, 1.82) is 0 Å². The van der Waals surface area contributed by atoms with Crippen LogP contribution in [0.1, 0.15) is 22.5 Å². The van der Waals surface area contributed by atoms with Gasteiger partial charge < -0.3 is 4.74 Å². The maximum atomic E-state index is 11.2. The number of aromatic nitrogens is 2. The lowest BCUT2D eigenvalue weighted by Gasteiger charge is -2.07. The zero-order valence-corrected chi connectivity index (χ0v) is 12.5. The molecule has 2 aromatic rings. The van der Waals surface area contributed by atoms with Gasteiger partial charge in [0.2, 0.25) is 5.91 Å². The normalized spacial score (nSPS) is 10.5. The summed E-state index contributed by atoms with van der Waals surface area (Å²) in [5.41, 5.74) is 5.95. The average molecular weight is 288 g/mol. The van der Waals surface area contributed by atoms with Gasteiger partial charge in [0, 0.05) is 7.05 Å². The summed E-state index contributed by atoms with van der Waals surface area (Å²) < 4.78 is 7.64. The zero-order chi connectivity index (χ0) is 15.4. The van der Waals surface area contributed by atoms with Crippen LogP contribution in [-0.2, 0) is 24.9 Å². The number of aryl methyl sites for hydroxylation is 2. The van der Waals surface area contributed by atoms with Gasteiger partial charge in [0.15, 0.2) is 5.75 Å². The number of hydrogen-bond donors (Lipinski definition) is 2. The number of carbonyl (C=O) groups is 1. The van der Waals surface area contributed by atoms with Crippen molar-refractivity contribution in [3.8, 4) is 5.75 Å². The Morgan fingerprint density at radius 2 is 1.90 bits per heavy atom. The van der Waals surface area contributed by atoms with E-state index in [0.29, 0.717) is 6.61 Å². The molecule has 0 bridgehead atoms. The molecule has 0 aliphatic heterocycles. The van der Waals surface area contributed by atoms with Crippen molar-refractivity contribution in [2.45, 2.75) is 26.9 Å². The van der Waals surface area contributed by atoms with E-state index in [1.165, 1.54) is 0 Å². The molecule has 0 saturated carbocycles. The second-order valence-electron chi connectivity index (χ2n) is 4.97. The first kappa shape index (κ1) is 15.1. The molecule has 0 aliphatic rings. The van der Waals surface area contributed by atoms with Crippen LogP contribution in [0.2, 0.25) is 0 Å². The Morgan fingerprint density at radius 3 is 2.43 bits per heavy atom. The molecular formula is C15H20N4O2. The van der Waals surface area contributed by atoms with Gasteiger partial charge in [-0.1, -0.05) is 24.3 Å². The van der Waals surface area contributed by atoms with E-state index in [-0.39, 0.29) is 12.3 Å². The van der Waals surface area contributed by atoms with E-state index >= 15 is 0 Å². The molecule has 2 rings (SSSR count). The van der Waals surface area contributed by atoms with Gasteiger partial charge in [-0.2, -0.15) is 5.10 Å². The van der Waals surface area contributed by atoms with Gasteiger partial charge in [0.25, 0.3) is 0 Å². The summed E-state index contributed by atoms with van der Waals surface area (Å²) >= 11 is 0. The van der Waals surface area contributed by atoms with Crippen LogP contribution >= 0.6 is 0 Å². The summed E-state index contributed by atoms with van der Waals surface area (Å²) in [6.45, 7) is 4.37. The third-order valence-electron chi connectivity index (χ3n) is 3.37. The molecule has 1 aromatic carbocycles. The van der Waals surface area contributed by atoms with Crippen molar-refractivity contribution < 1.29 is 9.53 Å². The molecule has 3 N–H and O–H groups in total. The van der Waals surface area contributed by atoms with E-state index in [4.69, 9.17) is 10.6 Å². The minimum atomic E-state index is -0.208. The van der Waals surface area contributed by atoms with E-state index < -0.39 is 0 Å². The van der Waals surface area contributed by atoms with Crippen LogP contribution in [0, 0.1) is 13.8 Å². The van der Waals surface area contributed by atoms with Crippen molar-refractivity contribution in [2.24, 2.45) is 12.9 Å². The number of carbonyl (C=O) groups excluding carboxylic acids is 1. The molecule has 0 radical (unpaired) electrons. The average Bonchev–Trinajstić information content (AvgIpc) is 2.71. The number of ether oxygens (including phenoxy) is 1. The molecule has 1 aromatic heterocycles. The molecular weight excluding hydrogens is 268 g/mol. The molecule has 0 spiro atoms. The van der Waals surface area contributed by atoms with Crippen molar-refractivity contribution in [1.82, 2.24) is 15.2 Å². The first-order valence-corrected chi connectivity index (χ1v) is 6.71. The molecule has 1 amide bonds. The highest BCUT2D eigenvalue weighted by Crippen LogP contribution is 2.22. The van der Waals surface area contributed by atoms with Gasteiger partial charge in [-0.25, -0.2) is 5.84 Å². The quantitative estimate of drug-likeness (QED) is 0.491. The van der Waals surface area contributed by atoms with Crippen LogP contribution in [0.15, 0.2) is 24.3 Å². The van der Waals surface area contributed by atoms with Gasteiger partial charge in [0.1, 0.15) is 12.3 Å². The van der Waals surface area contributed by atoms with Crippen LogP contribution < -0.4 is 16.0 Å². The minimum Gasteiger partial charge on any atom is -0.485 e. The molecule has 6 heteroatoms. The largest absolute Gasteiger partial charge is 0.485 e. The highest BCUT2D eigenvalue weighted by atomic mass is 16.5. The molecule has 21 heavy (non-hydrogen) atoms. The summed E-state index contributed by atoms with van der Waals surface area (Å²) in [6.07, 6.45) is 0.276. The monoisotopic (exact) mass is 288 g/mol. The highest BCUT2D eigenvalue weighted by molar-refractivity contribution is 5.77. The predicted octanol–water partition coefficient (Wildman–Crippen LogP) is 1.15. The Hall–Kier alpha value is -2.34. The van der Waals surface area contributed by atoms with Crippen LogP contribution in [0.4, 0.5) is 0 Å². The maximum absolute atomic E-state index is 11.2. The number of nitrogens with zero attached hydrogens (tertiary/aromatic N) is 2. The minimum absolute atomic E-state index is 0.208. The van der Waals surface area contributed by atoms with E-state index in [1.54, 1.807) is 4.68 Å². The molecule has 0 saturated heterocycles. The number of nitrogens with two attached hydrogens (primary N) is 1. The van der Waals surface area contributed by atoms with Crippen molar-refractivity contribution in [3.63, 3.8) is 0 Å². The molecule has 6 nitrogen and oxygen atoms in total. The smallest absolute Gasteiger partial charge is 0.238 e. The Bertz CT molecular complexity index is 632. The van der Waals surface area contributed by atoms with Crippen LogP contribution in [0.25, 0.3) is 0 Å². The number of amides is 1. The maximum Gasteiger partial charge on any atom is 0.238 e. The SMILES string of the molecule is Cc1nn(C)c(C)c1OCc1ccc(CC(=O)NN)cc1. The number of hydrazine groups is 1. The van der Waals surface area contributed by atoms with Crippen LogP contribution in [0.5, 0.6) is 5.75 Å². The summed E-state index contributed by atoms with van der Waals surface area (Å²) in [5, 5.41) is 4.31.